The SMILES string of the molecule is CN=C(NCc1ccccc1OC(F)F)NCC(Cc1ccccc1)N(C)C.I. The Morgan fingerprint density at radius 1 is 1.03 bits per heavy atom. The third-order valence-corrected chi connectivity index (χ3v) is 4.41. The summed E-state index contributed by atoms with van der Waals surface area (Å²) in [6.07, 6.45) is 0.906. The van der Waals surface area contributed by atoms with Gasteiger partial charge in [-0.15, -0.1) is 24.0 Å². The predicted octanol–water partition coefficient (Wildman–Crippen LogP) is 3.74. The van der Waals surface area contributed by atoms with Crippen LogP contribution < -0.4 is 15.4 Å². The van der Waals surface area contributed by atoms with Gasteiger partial charge in [0.2, 0.25) is 0 Å². The van der Waals surface area contributed by atoms with Crippen LogP contribution in [0.4, 0.5) is 8.78 Å². The van der Waals surface area contributed by atoms with Crippen molar-refractivity contribution >= 4 is 29.9 Å². The Morgan fingerprint density at radius 2 is 1.69 bits per heavy atom. The third kappa shape index (κ3) is 8.95. The van der Waals surface area contributed by atoms with E-state index >= 15 is 0 Å². The van der Waals surface area contributed by atoms with Crippen molar-refractivity contribution in [3.05, 3.63) is 65.7 Å². The number of guanidine groups is 1. The number of alkyl halides is 2. The number of nitrogens with zero attached hydrogens (tertiary/aromatic N) is 2. The standard InChI is InChI=1S/C21H28F2N4O.HI/c1-24-21(25-14-17-11-7-8-12-19(17)28-20(22)23)26-15-18(27(2)3)13-16-9-5-4-6-10-16;/h4-12,18,20H,13-15H2,1-3H3,(H2,24,25,26);1H. The number of hydrogen-bond donors (Lipinski definition) is 2. The molecule has 0 saturated heterocycles. The van der Waals surface area contributed by atoms with Crippen molar-refractivity contribution in [2.45, 2.75) is 25.6 Å². The largest absolute Gasteiger partial charge is 0.434 e. The van der Waals surface area contributed by atoms with Crippen molar-refractivity contribution in [3.8, 4) is 5.75 Å². The number of benzene rings is 2. The summed E-state index contributed by atoms with van der Waals surface area (Å²) in [6.45, 7) is -1.83. The van der Waals surface area contributed by atoms with Gasteiger partial charge in [-0.2, -0.15) is 8.78 Å². The molecule has 2 N–H and O–H groups in total. The Labute approximate surface area is 188 Å². The summed E-state index contributed by atoms with van der Waals surface area (Å²) in [4.78, 5) is 6.38. The zero-order valence-electron chi connectivity index (χ0n) is 16.9. The second-order valence-electron chi connectivity index (χ2n) is 6.60. The van der Waals surface area contributed by atoms with Gasteiger partial charge < -0.3 is 20.3 Å². The highest BCUT2D eigenvalue weighted by molar-refractivity contribution is 14.0. The molecule has 2 aromatic carbocycles. The van der Waals surface area contributed by atoms with Gasteiger partial charge in [0, 0.05) is 31.7 Å². The Morgan fingerprint density at radius 3 is 2.31 bits per heavy atom. The van der Waals surface area contributed by atoms with Gasteiger partial charge in [-0.05, 0) is 32.1 Å². The minimum atomic E-state index is -2.85. The lowest BCUT2D eigenvalue weighted by Gasteiger charge is -2.26. The van der Waals surface area contributed by atoms with Crippen LogP contribution in [0.1, 0.15) is 11.1 Å². The van der Waals surface area contributed by atoms with E-state index < -0.39 is 6.61 Å². The van der Waals surface area contributed by atoms with Crippen molar-refractivity contribution in [2.24, 2.45) is 4.99 Å². The van der Waals surface area contributed by atoms with Crippen LogP contribution in [0, 0.1) is 0 Å². The molecule has 2 rings (SSSR count). The van der Waals surface area contributed by atoms with E-state index in [0.29, 0.717) is 24.6 Å². The number of aliphatic imine (C=N–C) groups is 1. The number of halogens is 3. The van der Waals surface area contributed by atoms with E-state index in [1.54, 1.807) is 25.2 Å². The predicted molar refractivity (Wildman–Crippen MR) is 124 cm³/mol. The van der Waals surface area contributed by atoms with Gasteiger partial charge >= 0.3 is 6.61 Å². The summed E-state index contributed by atoms with van der Waals surface area (Å²) in [5, 5.41) is 6.46. The molecule has 0 aliphatic heterocycles. The summed E-state index contributed by atoms with van der Waals surface area (Å²) in [5.41, 5.74) is 1.91. The van der Waals surface area contributed by atoms with Crippen LogP contribution >= 0.6 is 24.0 Å². The molecule has 2 aromatic rings. The van der Waals surface area contributed by atoms with E-state index in [2.05, 4.69) is 37.4 Å². The summed E-state index contributed by atoms with van der Waals surface area (Å²) < 4.78 is 29.7. The van der Waals surface area contributed by atoms with Crippen LogP contribution in [0.15, 0.2) is 59.6 Å². The lowest BCUT2D eigenvalue weighted by atomic mass is 10.1. The van der Waals surface area contributed by atoms with Crippen molar-refractivity contribution in [1.82, 2.24) is 15.5 Å². The Hall–Kier alpha value is -1.94. The number of para-hydroxylation sites is 1. The Bertz CT molecular complexity index is 744. The first kappa shape index (κ1) is 25.1. The molecule has 0 bridgehead atoms. The van der Waals surface area contributed by atoms with E-state index in [1.807, 2.05) is 32.3 Å². The number of rotatable bonds is 9. The fourth-order valence-electron chi connectivity index (χ4n) is 2.80. The van der Waals surface area contributed by atoms with Crippen LogP contribution in [0.2, 0.25) is 0 Å². The molecule has 0 saturated carbocycles. The van der Waals surface area contributed by atoms with E-state index in [9.17, 15) is 8.78 Å². The number of hydrogen-bond acceptors (Lipinski definition) is 3. The van der Waals surface area contributed by atoms with Crippen molar-refractivity contribution in [3.63, 3.8) is 0 Å². The molecule has 0 spiro atoms. The minimum Gasteiger partial charge on any atom is -0.434 e. The van der Waals surface area contributed by atoms with Crippen molar-refractivity contribution in [2.75, 3.05) is 27.7 Å². The molecule has 0 heterocycles. The molecule has 160 valence electrons. The zero-order valence-corrected chi connectivity index (χ0v) is 19.3. The van der Waals surface area contributed by atoms with Gasteiger partial charge in [0.05, 0.1) is 0 Å². The maximum atomic E-state index is 12.5. The zero-order chi connectivity index (χ0) is 20.4. The van der Waals surface area contributed by atoms with Crippen LogP contribution in [0.3, 0.4) is 0 Å². The van der Waals surface area contributed by atoms with Crippen molar-refractivity contribution in [1.29, 1.82) is 0 Å². The lowest BCUT2D eigenvalue weighted by molar-refractivity contribution is -0.0504. The topological polar surface area (TPSA) is 48.9 Å². The molecule has 0 aliphatic carbocycles. The second-order valence-corrected chi connectivity index (χ2v) is 6.60. The van der Waals surface area contributed by atoms with Gasteiger partial charge in [0.25, 0.3) is 0 Å². The van der Waals surface area contributed by atoms with Crippen LogP contribution in [0.25, 0.3) is 0 Å². The molecule has 0 amide bonds. The summed E-state index contributed by atoms with van der Waals surface area (Å²) in [5.74, 6) is 0.766. The molecule has 0 fully saturated rings. The summed E-state index contributed by atoms with van der Waals surface area (Å²) >= 11 is 0. The normalized spacial score (nSPS) is 12.4. The average Bonchev–Trinajstić information content (AvgIpc) is 2.68. The molecule has 8 heteroatoms. The molecular formula is C21H29F2IN4O. The second kappa shape index (κ2) is 13.3. The highest BCUT2D eigenvalue weighted by atomic mass is 127. The maximum absolute atomic E-state index is 12.5. The first-order chi connectivity index (χ1) is 13.5. The highest BCUT2D eigenvalue weighted by Crippen LogP contribution is 2.19. The third-order valence-electron chi connectivity index (χ3n) is 4.41. The monoisotopic (exact) mass is 518 g/mol. The van der Waals surface area contributed by atoms with Gasteiger partial charge in [0.1, 0.15) is 5.75 Å². The summed E-state index contributed by atoms with van der Waals surface area (Å²) in [7, 11) is 5.77. The molecule has 0 aromatic heterocycles. The highest BCUT2D eigenvalue weighted by Gasteiger charge is 2.14. The Kier molecular flexibility index (Phi) is 11.5. The van der Waals surface area contributed by atoms with Crippen LogP contribution in [-0.4, -0.2) is 51.2 Å². The van der Waals surface area contributed by atoms with Crippen LogP contribution in [0.5, 0.6) is 5.75 Å². The first-order valence-electron chi connectivity index (χ1n) is 9.17. The van der Waals surface area contributed by atoms with Gasteiger partial charge in [0.15, 0.2) is 5.96 Å². The molecule has 0 radical (unpaired) electrons. The fourth-order valence-corrected chi connectivity index (χ4v) is 2.80. The van der Waals surface area contributed by atoms with Crippen molar-refractivity contribution < 1.29 is 13.5 Å². The molecular weight excluding hydrogens is 489 g/mol. The van der Waals surface area contributed by atoms with Gasteiger partial charge in [-0.1, -0.05) is 48.5 Å². The van der Waals surface area contributed by atoms with Gasteiger partial charge in [-0.25, -0.2) is 0 Å². The van der Waals surface area contributed by atoms with Gasteiger partial charge in [-0.3, -0.25) is 4.99 Å². The number of nitrogens with one attached hydrogen (secondary N) is 2. The fraction of sp³-hybridized carbons (Fsp3) is 0.381. The van der Waals surface area contributed by atoms with E-state index in [4.69, 9.17) is 0 Å². The molecule has 0 aliphatic rings. The summed E-state index contributed by atoms with van der Waals surface area (Å²) in [6, 6.07) is 17.3. The minimum absolute atomic E-state index is 0. The quantitative estimate of drug-likeness (QED) is 0.302. The number of likely N-dealkylation sites (N-methyl/N-ethyl adjacent to an activating group) is 1. The maximum Gasteiger partial charge on any atom is 0.387 e. The molecule has 1 unspecified atom stereocenters. The lowest BCUT2D eigenvalue weighted by Crippen LogP contribution is -2.45. The molecule has 29 heavy (non-hydrogen) atoms. The van der Waals surface area contributed by atoms with E-state index in [-0.39, 0.29) is 35.8 Å². The van der Waals surface area contributed by atoms with E-state index in [0.717, 1.165) is 6.42 Å². The Balaban J connectivity index is 0.00000420. The van der Waals surface area contributed by atoms with Crippen LogP contribution in [-0.2, 0) is 13.0 Å². The first-order valence-corrected chi connectivity index (χ1v) is 9.17. The molecule has 5 nitrogen and oxygen atoms in total. The number of ether oxygens (including phenoxy) is 1. The van der Waals surface area contributed by atoms with E-state index in [1.165, 1.54) is 11.6 Å². The average molecular weight is 518 g/mol. The smallest absolute Gasteiger partial charge is 0.387 e. The molecule has 1 atom stereocenters.